The molecule has 0 aromatic heterocycles. The van der Waals surface area contributed by atoms with Gasteiger partial charge in [0, 0.05) is 12.8 Å². The van der Waals surface area contributed by atoms with Crippen LogP contribution in [0, 0.1) is 5.92 Å². The number of phosphoric ester groups is 1. The van der Waals surface area contributed by atoms with Crippen molar-refractivity contribution < 1.29 is 52.5 Å². The normalized spacial score (nSPS) is 17.2. The van der Waals surface area contributed by atoms with E-state index in [0.29, 0.717) is 25.0 Å². The zero-order valence-corrected chi connectivity index (χ0v) is 39.4. The minimum absolute atomic E-state index is 0.183. The largest absolute Gasteiger partial charge is 0.472 e. The van der Waals surface area contributed by atoms with Crippen LogP contribution >= 0.6 is 7.82 Å². The Labute approximate surface area is 366 Å². The van der Waals surface area contributed by atoms with E-state index in [4.69, 9.17) is 28.4 Å². The number of aliphatic hydroxyl groups is 2. The standard InChI is InChI=1S/C48H91O11P/c1-4-5-6-7-24-29-34-45-46(59-45)35-30-25-22-27-31-36-47(51)55-40-44(41-57-60(53,54)56-39-43(50)38-49)58-48(52)37-32-26-21-19-17-15-13-11-9-8-10-12-14-16-18-20-23-28-33-42(2)3/h24,29,42-46,49-50H,4-23,25-28,30-41H2,1-3H3,(H,53,54)/b29-24-/t43-,44+,45?,46?/m0/s1. The van der Waals surface area contributed by atoms with E-state index >= 15 is 0 Å². The van der Waals surface area contributed by atoms with Crippen LogP contribution in [-0.2, 0) is 37.4 Å². The Morgan fingerprint density at radius 2 is 1.13 bits per heavy atom. The van der Waals surface area contributed by atoms with E-state index < -0.39 is 51.8 Å². The van der Waals surface area contributed by atoms with E-state index in [9.17, 15) is 24.2 Å². The third-order valence-corrected chi connectivity index (χ3v) is 12.2. The maximum absolute atomic E-state index is 12.7. The second kappa shape index (κ2) is 39.3. The molecular formula is C48H91O11P. The molecular weight excluding hydrogens is 783 g/mol. The van der Waals surface area contributed by atoms with Gasteiger partial charge in [-0.3, -0.25) is 18.6 Å². The first-order valence-corrected chi connectivity index (χ1v) is 26.1. The molecule has 354 valence electrons. The monoisotopic (exact) mass is 875 g/mol. The van der Waals surface area contributed by atoms with Gasteiger partial charge in [0.25, 0.3) is 0 Å². The number of epoxide rings is 1. The number of rotatable bonds is 45. The number of hydrogen-bond donors (Lipinski definition) is 3. The van der Waals surface area contributed by atoms with Gasteiger partial charge in [0.1, 0.15) is 12.7 Å². The van der Waals surface area contributed by atoms with Gasteiger partial charge in [0.15, 0.2) is 6.10 Å². The van der Waals surface area contributed by atoms with Crippen LogP contribution < -0.4 is 0 Å². The molecule has 1 heterocycles. The van der Waals surface area contributed by atoms with Gasteiger partial charge in [-0.1, -0.05) is 187 Å². The summed E-state index contributed by atoms with van der Waals surface area (Å²) in [5.74, 6) is -0.0953. The molecule has 11 nitrogen and oxygen atoms in total. The number of phosphoric acid groups is 1. The Hall–Kier alpha value is -1.33. The minimum Gasteiger partial charge on any atom is -0.462 e. The molecule has 1 saturated heterocycles. The molecule has 0 saturated carbocycles. The van der Waals surface area contributed by atoms with Crippen molar-refractivity contribution in [3.05, 3.63) is 12.2 Å². The molecule has 60 heavy (non-hydrogen) atoms. The van der Waals surface area contributed by atoms with E-state index in [1.165, 1.54) is 116 Å². The van der Waals surface area contributed by atoms with Gasteiger partial charge in [-0.25, -0.2) is 4.57 Å². The highest BCUT2D eigenvalue weighted by Crippen LogP contribution is 2.43. The number of esters is 2. The summed E-state index contributed by atoms with van der Waals surface area (Å²) in [7, 11) is -4.63. The summed E-state index contributed by atoms with van der Waals surface area (Å²) in [5, 5.41) is 18.4. The lowest BCUT2D eigenvalue weighted by molar-refractivity contribution is -0.161. The van der Waals surface area contributed by atoms with Crippen molar-refractivity contribution in [3.8, 4) is 0 Å². The first-order chi connectivity index (χ1) is 29.1. The van der Waals surface area contributed by atoms with Crippen LogP contribution in [0.2, 0.25) is 0 Å². The number of ether oxygens (including phenoxy) is 3. The van der Waals surface area contributed by atoms with Gasteiger partial charge in [-0.2, -0.15) is 0 Å². The molecule has 0 aromatic carbocycles. The van der Waals surface area contributed by atoms with Crippen molar-refractivity contribution >= 4 is 19.8 Å². The lowest BCUT2D eigenvalue weighted by Crippen LogP contribution is -2.29. The number of carbonyl (C=O) groups is 2. The van der Waals surface area contributed by atoms with Gasteiger partial charge >= 0.3 is 19.8 Å². The topological polar surface area (TPSA) is 161 Å². The number of unbranched alkanes of at least 4 members (excludes halogenated alkanes) is 24. The SMILES string of the molecule is CCCCC/C=C\CC1OC1CCCCCCCC(=O)OC[C@H](COP(=O)(O)OC[C@@H](O)CO)OC(=O)CCCCCCCCCCCCCCCCCCCCC(C)C. The second-order valence-electron chi connectivity index (χ2n) is 17.7. The van der Waals surface area contributed by atoms with Gasteiger partial charge in [0.2, 0.25) is 0 Å². The summed E-state index contributed by atoms with van der Waals surface area (Å²) in [6.07, 6.45) is 39.1. The van der Waals surface area contributed by atoms with Gasteiger partial charge in [-0.15, -0.1) is 0 Å². The molecule has 3 unspecified atom stereocenters. The van der Waals surface area contributed by atoms with Crippen molar-refractivity contribution in [2.24, 2.45) is 5.92 Å². The summed E-state index contributed by atoms with van der Waals surface area (Å²) in [6.45, 7) is 4.72. The predicted molar refractivity (Wildman–Crippen MR) is 242 cm³/mol. The Morgan fingerprint density at radius 1 is 0.633 bits per heavy atom. The van der Waals surface area contributed by atoms with Crippen molar-refractivity contribution in [1.82, 2.24) is 0 Å². The first kappa shape index (κ1) is 56.7. The molecule has 1 aliphatic rings. The Bertz CT molecular complexity index is 1090. The van der Waals surface area contributed by atoms with E-state index in [1.807, 2.05) is 0 Å². The van der Waals surface area contributed by atoms with Crippen LogP contribution in [0.15, 0.2) is 12.2 Å². The van der Waals surface area contributed by atoms with Crippen LogP contribution in [-0.4, -0.2) is 77.9 Å². The number of carbonyl (C=O) groups excluding carboxylic acids is 2. The average molecular weight is 875 g/mol. The third kappa shape index (κ3) is 37.2. The second-order valence-corrected chi connectivity index (χ2v) is 19.2. The van der Waals surface area contributed by atoms with E-state index in [1.54, 1.807) is 0 Å². The van der Waals surface area contributed by atoms with Gasteiger partial charge in [0.05, 0.1) is 32.0 Å². The Morgan fingerprint density at radius 3 is 1.67 bits per heavy atom. The Kier molecular flexibility index (Phi) is 37.1. The van der Waals surface area contributed by atoms with Crippen LogP contribution in [0.25, 0.3) is 0 Å². The first-order valence-electron chi connectivity index (χ1n) is 24.6. The molecule has 0 spiro atoms. The van der Waals surface area contributed by atoms with Crippen molar-refractivity contribution in [2.45, 2.75) is 251 Å². The summed E-state index contributed by atoms with van der Waals surface area (Å²) < 4.78 is 38.6. The van der Waals surface area contributed by atoms with E-state index in [-0.39, 0.29) is 19.4 Å². The zero-order chi connectivity index (χ0) is 43.9. The van der Waals surface area contributed by atoms with Crippen LogP contribution in [0.5, 0.6) is 0 Å². The molecule has 0 amide bonds. The average Bonchev–Trinajstić information content (AvgIpc) is 3.98. The molecule has 0 bridgehead atoms. The molecule has 3 N–H and O–H groups in total. The zero-order valence-electron chi connectivity index (χ0n) is 38.6. The molecule has 0 aliphatic carbocycles. The summed E-state index contributed by atoms with van der Waals surface area (Å²) in [6, 6.07) is 0. The van der Waals surface area contributed by atoms with Crippen LogP contribution in [0.3, 0.4) is 0 Å². The maximum atomic E-state index is 12.7. The lowest BCUT2D eigenvalue weighted by atomic mass is 10.0. The quantitative estimate of drug-likeness (QED) is 0.0176. The summed E-state index contributed by atoms with van der Waals surface area (Å²) in [5.41, 5.74) is 0. The summed E-state index contributed by atoms with van der Waals surface area (Å²) >= 11 is 0. The van der Waals surface area contributed by atoms with Crippen LogP contribution in [0.1, 0.15) is 226 Å². The van der Waals surface area contributed by atoms with Crippen molar-refractivity contribution in [2.75, 3.05) is 26.4 Å². The lowest BCUT2D eigenvalue weighted by Gasteiger charge is -2.20. The fraction of sp³-hybridized carbons (Fsp3) is 0.917. The molecule has 1 aliphatic heterocycles. The van der Waals surface area contributed by atoms with Crippen molar-refractivity contribution in [1.29, 1.82) is 0 Å². The van der Waals surface area contributed by atoms with E-state index in [0.717, 1.165) is 70.1 Å². The van der Waals surface area contributed by atoms with Gasteiger partial charge < -0.3 is 29.3 Å². The molecule has 0 aromatic rings. The fourth-order valence-electron chi connectivity index (χ4n) is 7.36. The number of aliphatic hydroxyl groups excluding tert-OH is 2. The molecule has 1 fully saturated rings. The molecule has 5 atom stereocenters. The highest BCUT2D eigenvalue weighted by molar-refractivity contribution is 7.47. The van der Waals surface area contributed by atoms with Crippen molar-refractivity contribution in [3.63, 3.8) is 0 Å². The number of allylic oxidation sites excluding steroid dienone is 1. The van der Waals surface area contributed by atoms with E-state index in [2.05, 4.69) is 32.9 Å². The summed E-state index contributed by atoms with van der Waals surface area (Å²) in [4.78, 5) is 35.2. The van der Waals surface area contributed by atoms with Gasteiger partial charge in [-0.05, 0) is 44.4 Å². The Balaban J connectivity index is 2.17. The highest BCUT2D eigenvalue weighted by Gasteiger charge is 2.36. The smallest absolute Gasteiger partial charge is 0.462 e. The maximum Gasteiger partial charge on any atom is 0.472 e. The third-order valence-electron chi connectivity index (χ3n) is 11.3. The fourth-order valence-corrected chi connectivity index (χ4v) is 8.15. The molecule has 0 radical (unpaired) electrons. The van der Waals surface area contributed by atoms with Crippen LogP contribution in [0.4, 0.5) is 0 Å². The minimum atomic E-state index is -4.63. The highest BCUT2D eigenvalue weighted by atomic mass is 31.2. The predicted octanol–water partition coefficient (Wildman–Crippen LogP) is 12.4. The number of hydrogen-bond acceptors (Lipinski definition) is 10. The molecule has 1 rings (SSSR count). The molecule has 12 heteroatoms.